The Kier molecular flexibility index (Phi) is 7.44. The highest BCUT2D eigenvalue weighted by atomic mass is 32.2. The molecule has 1 spiro atoms. The number of benzene rings is 3. The van der Waals surface area contributed by atoms with Crippen LogP contribution < -0.4 is 10.5 Å². The van der Waals surface area contributed by atoms with Gasteiger partial charge in [0.15, 0.2) is 5.16 Å². The summed E-state index contributed by atoms with van der Waals surface area (Å²) >= 11 is 1.32. The van der Waals surface area contributed by atoms with Gasteiger partial charge < -0.3 is 0 Å². The third-order valence-corrected chi connectivity index (χ3v) is 9.15. The molecule has 0 saturated heterocycles. The molecule has 3 aromatic carbocycles. The zero-order valence-electron chi connectivity index (χ0n) is 22.6. The molecule has 0 aliphatic heterocycles. The second-order valence-corrected chi connectivity index (χ2v) is 11.6. The Bertz CT molecular complexity index is 1550. The Morgan fingerprint density at radius 1 is 0.925 bits per heavy atom. The van der Waals surface area contributed by atoms with Gasteiger partial charge in [-0.1, -0.05) is 97.8 Å². The SMILES string of the molecule is C=CCn1c(SCC(=O)N(c2ccccc2)c2ccccc2)nc2c(c1=O)C1(CCCCC1)Cc1ccccc1-2. The first-order chi connectivity index (χ1) is 19.6. The molecule has 0 bridgehead atoms. The number of anilines is 2. The zero-order valence-corrected chi connectivity index (χ0v) is 23.4. The van der Waals surface area contributed by atoms with Crippen molar-refractivity contribution in [3.8, 4) is 11.3 Å². The average Bonchev–Trinajstić information content (AvgIpc) is 2.99. The van der Waals surface area contributed by atoms with Gasteiger partial charge in [0.1, 0.15) is 0 Å². The van der Waals surface area contributed by atoms with E-state index in [1.165, 1.54) is 23.7 Å². The molecule has 1 amide bonds. The molecule has 6 heteroatoms. The molecule has 202 valence electrons. The lowest BCUT2D eigenvalue weighted by Gasteiger charge is -2.42. The predicted molar refractivity (Wildman–Crippen MR) is 163 cm³/mol. The highest BCUT2D eigenvalue weighted by Crippen LogP contribution is 2.48. The van der Waals surface area contributed by atoms with Crippen molar-refractivity contribution in [3.63, 3.8) is 0 Å². The highest BCUT2D eigenvalue weighted by molar-refractivity contribution is 7.99. The zero-order chi connectivity index (χ0) is 27.5. The number of amides is 1. The predicted octanol–water partition coefficient (Wildman–Crippen LogP) is 7.31. The van der Waals surface area contributed by atoms with Gasteiger partial charge in [0.2, 0.25) is 5.91 Å². The summed E-state index contributed by atoms with van der Waals surface area (Å²) in [5, 5.41) is 0.556. The molecule has 2 aliphatic rings. The molecule has 1 heterocycles. The number of hydrogen-bond donors (Lipinski definition) is 0. The minimum Gasteiger partial charge on any atom is -0.283 e. The van der Waals surface area contributed by atoms with Crippen molar-refractivity contribution in [2.75, 3.05) is 10.7 Å². The van der Waals surface area contributed by atoms with Gasteiger partial charge in [-0.25, -0.2) is 4.98 Å². The van der Waals surface area contributed by atoms with E-state index in [0.717, 1.165) is 60.3 Å². The average molecular weight is 548 g/mol. The van der Waals surface area contributed by atoms with Gasteiger partial charge >= 0.3 is 0 Å². The van der Waals surface area contributed by atoms with Crippen molar-refractivity contribution in [2.45, 2.75) is 55.6 Å². The molecule has 1 fully saturated rings. The fourth-order valence-corrected chi connectivity index (χ4v) is 7.25. The van der Waals surface area contributed by atoms with E-state index in [4.69, 9.17) is 4.98 Å². The fourth-order valence-electron chi connectivity index (χ4n) is 6.40. The molecule has 0 radical (unpaired) electrons. The van der Waals surface area contributed by atoms with Crippen LogP contribution in [0.2, 0.25) is 0 Å². The van der Waals surface area contributed by atoms with Crippen LogP contribution in [0.25, 0.3) is 11.3 Å². The number of thioether (sulfide) groups is 1. The van der Waals surface area contributed by atoms with E-state index in [9.17, 15) is 9.59 Å². The Labute approximate surface area is 239 Å². The molecule has 5 nitrogen and oxygen atoms in total. The van der Waals surface area contributed by atoms with E-state index < -0.39 is 0 Å². The Balaban J connectivity index is 1.41. The molecule has 0 N–H and O–H groups in total. The van der Waals surface area contributed by atoms with E-state index in [1.807, 2.05) is 66.7 Å². The smallest absolute Gasteiger partial charge is 0.258 e. The van der Waals surface area contributed by atoms with Crippen molar-refractivity contribution in [2.24, 2.45) is 0 Å². The van der Waals surface area contributed by atoms with E-state index in [0.29, 0.717) is 11.7 Å². The van der Waals surface area contributed by atoms with Gasteiger partial charge in [-0.2, -0.15) is 0 Å². The minimum atomic E-state index is -0.175. The topological polar surface area (TPSA) is 55.2 Å². The van der Waals surface area contributed by atoms with Crippen molar-refractivity contribution in [3.05, 3.63) is 119 Å². The lowest BCUT2D eigenvalue weighted by molar-refractivity contribution is -0.115. The van der Waals surface area contributed by atoms with Gasteiger partial charge in [-0.15, -0.1) is 6.58 Å². The molecule has 0 atom stereocenters. The first-order valence-electron chi connectivity index (χ1n) is 14.0. The van der Waals surface area contributed by atoms with E-state index in [2.05, 4.69) is 24.8 Å². The lowest BCUT2D eigenvalue weighted by Crippen LogP contribution is -2.43. The number of carbonyl (C=O) groups excluding carboxylic acids is 1. The summed E-state index contributed by atoms with van der Waals surface area (Å²) in [6, 6.07) is 27.7. The third-order valence-electron chi connectivity index (χ3n) is 8.19. The number of para-hydroxylation sites is 2. The summed E-state index contributed by atoms with van der Waals surface area (Å²) < 4.78 is 1.73. The van der Waals surface area contributed by atoms with Crippen LogP contribution in [0.1, 0.15) is 43.2 Å². The van der Waals surface area contributed by atoms with Crippen molar-refractivity contribution < 1.29 is 4.79 Å². The molecular weight excluding hydrogens is 514 g/mol. The number of nitrogens with zero attached hydrogens (tertiary/aromatic N) is 3. The summed E-state index contributed by atoms with van der Waals surface area (Å²) in [7, 11) is 0. The van der Waals surface area contributed by atoms with Crippen molar-refractivity contribution >= 4 is 29.0 Å². The maximum atomic E-state index is 14.3. The van der Waals surface area contributed by atoms with Crippen LogP contribution in [0.15, 0.2) is 108 Å². The monoisotopic (exact) mass is 547 g/mol. The first kappa shape index (κ1) is 26.3. The van der Waals surface area contributed by atoms with Gasteiger partial charge in [0.25, 0.3) is 5.56 Å². The molecular formula is C34H33N3O2S. The standard InChI is InChI=1S/C34H33N3O2S/c1-2-22-36-32(39)30-31(28-19-11-10-14-25(28)23-34(30)20-12-5-13-21-34)35-33(36)40-24-29(38)37(26-15-6-3-7-16-26)27-17-8-4-9-18-27/h2-4,6-11,14-19H,1,5,12-13,20-24H2. The number of allylic oxidation sites excluding steroid dienone is 1. The summed E-state index contributed by atoms with van der Waals surface area (Å²) in [5.41, 5.74) is 5.40. The number of hydrogen-bond acceptors (Lipinski definition) is 4. The van der Waals surface area contributed by atoms with E-state index in [1.54, 1.807) is 15.5 Å². The highest BCUT2D eigenvalue weighted by Gasteiger charge is 2.43. The number of rotatable bonds is 7. The van der Waals surface area contributed by atoms with Crippen molar-refractivity contribution in [1.29, 1.82) is 0 Å². The van der Waals surface area contributed by atoms with Crippen LogP contribution in [0, 0.1) is 0 Å². The Morgan fingerprint density at radius 2 is 1.55 bits per heavy atom. The van der Waals surface area contributed by atoms with Gasteiger partial charge in [0, 0.05) is 28.9 Å². The maximum Gasteiger partial charge on any atom is 0.258 e. The first-order valence-corrected chi connectivity index (χ1v) is 15.0. The van der Waals surface area contributed by atoms with Crippen LogP contribution in [-0.2, 0) is 23.2 Å². The van der Waals surface area contributed by atoms with Gasteiger partial charge in [0.05, 0.1) is 17.0 Å². The van der Waals surface area contributed by atoms with Crippen LogP contribution >= 0.6 is 11.8 Å². The third kappa shape index (κ3) is 4.81. The van der Waals surface area contributed by atoms with Crippen LogP contribution in [0.3, 0.4) is 0 Å². The van der Waals surface area contributed by atoms with Crippen LogP contribution in [0.5, 0.6) is 0 Å². The largest absolute Gasteiger partial charge is 0.283 e. The van der Waals surface area contributed by atoms with Gasteiger partial charge in [-0.3, -0.25) is 19.1 Å². The number of carbonyl (C=O) groups is 1. The molecule has 4 aromatic rings. The van der Waals surface area contributed by atoms with Crippen molar-refractivity contribution in [1.82, 2.24) is 9.55 Å². The normalized spacial score (nSPS) is 15.2. The molecule has 1 saturated carbocycles. The van der Waals surface area contributed by atoms with Gasteiger partial charge in [-0.05, 0) is 49.1 Å². The van der Waals surface area contributed by atoms with E-state index >= 15 is 0 Å². The second kappa shape index (κ2) is 11.3. The molecule has 0 unspecified atom stereocenters. The molecule has 6 rings (SSSR count). The van der Waals surface area contributed by atoms with Crippen LogP contribution in [-0.4, -0.2) is 21.2 Å². The summed E-state index contributed by atoms with van der Waals surface area (Å²) in [4.78, 5) is 35.0. The molecule has 1 aromatic heterocycles. The second-order valence-electron chi connectivity index (χ2n) is 10.7. The van der Waals surface area contributed by atoms with Crippen LogP contribution in [0.4, 0.5) is 11.4 Å². The molecule has 40 heavy (non-hydrogen) atoms. The van der Waals surface area contributed by atoms with E-state index in [-0.39, 0.29) is 22.6 Å². The summed E-state index contributed by atoms with van der Waals surface area (Å²) in [5.74, 6) is 0.0579. The Hall–Kier alpha value is -3.90. The number of fused-ring (bicyclic) bond motifs is 4. The minimum absolute atomic E-state index is 0.0132. The summed E-state index contributed by atoms with van der Waals surface area (Å²) in [6.07, 6.45) is 8.11. The lowest BCUT2D eigenvalue weighted by atomic mass is 9.62. The summed E-state index contributed by atoms with van der Waals surface area (Å²) in [6.45, 7) is 4.28. The molecule has 2 aliphatic carbocycles. The Morgan fingerprint density at radius 3 is 2.20 bits per heavy atom. The number of aromatic nitrogens is 2. The fraction of sp³-hybridized carbons (Fsp3) is 0.265. The quantitative estimate of drug-likeness (QED) is 0.138. The maximum absolute atomic E-state index is 14.3.